The van der Waals surface area contributed by atoms with Crippen molar-refractivity contribution in [1.82, 2.24) is 0 Å². The highest BCUT2D eigenvalue weighted by molar-refractivity contribution is 5.81. The second kappa shape index (κ2) is 16.7. The minimum atomic E-state index is -0.0288. The van der Waals surface area contributed by atoms with Crippen molar-refractivity contribution in [2.45, 2.75) is 86.0 Å². The fourth-order valence-electron chi connectivity index (χ4n) is 4.92. The fraction of sp³-hybridized carbons (Fsp3) is 0.457. The molecule has 0 fully saturated rings. The van der Waals surface area contributed by atoms with Crippen molar-refractivity contribution >= 4 is 5.78 Å². The van der Waals surface area contributed by atoms with E-state index in [1.165, 1.54) is 22.3 Å². The Hall–Kier alpha value is -3.07. The molecule has 3 heteroatoms. The molecule has 0 aliphatic rings. The van der Waals surface area contributed by atoms with E-state index < -0.39 is 0 Å². The highest BCUT2D eigenvalue weighted by Gasteiger charge is 2.27. The second-order valence-corrected chi connectivity index (χ2v) is 10.8. The first kappa shape index (κ1) is 31.1. The van der Waals surface area contributed by atoms with Crippen LogP contribution in [0.4, 0.5) is 0 Å². The molecule has 2 aromatic carbocycles. The molecule has 0 spiro atoms. The van der Waals surface area contributed by atoms with E-state index in [4.69, 9.17) is 4.74 Å². The van der Waals surface area contributed by atoms with E-state index in [-0.39, 0.29) is 17.6 Å². The van der Waals surface area contributed by atoms with E-state index in [1.54, 1.807) is 13.2 Å². The molecule has 0 saturated carbocycles. The molecule has 206 valence electrons. The summed E-state index contributed by atoms with van der Waals surface area (Å²) in [5.41, 5.74) is 6.29. The predicted octanol–water partition coefficient (Wildman–Crippen LogP) is 9.21. The molecule has 0 radical (unpaired) electrons. The quantitative estimate of drug-likeness (QED) is 0.226. The SMILES string of the molecule is C/C=C(/C)CC(CCc1ccc(OC)c(O)c1)C(C/C=C(\C)CCC=C(C)C)C(=O)CCc1ccccc1. The van der Waals surface area contributed by atoms with Crippen LogP contribution in [0.3, 0.4) is 0 Å². The van der Waals surface area contributed by atoms with Gasteiger partial charge in [0.1, 0.15) is 5.78 Å². The van der Waals surface area contributed by atoms with Crippen LogP contribution in [-0.4, -0.2) is 18.0 Å². The van der Waals surface area contributed by atoms with Crippen molar-refractivity contribution in [2.24, 2.45) is 11.8 Å². The van der Waals surface area contributed by atoms with Gasteiger partial charge in [0, 0.05) is 12.3 Å². The van der Waals surface area contributed by atoms with E-state index in [0.29, 0.717) is 18.0 Å². The summed E-state index contributed by atoms with van der Waals surface area (Å²) in [6.45, 7) is 10.7. The number of phenolic OH excluding ortho intramolecular Hbond substituents is 1. The van der Waals surface area contributed by atoms with Crippen molar-refractivity contribution in [3.8, 4) is 11.5 Å². The summed E-state index contributed by atoms with van der Waals surface area (Å²) in [5, 5.41) is 10.3. The van der Waals surface area contributed by atoms with Gasteiger partial charge in [-0.25, -0.2) is 0 Å². The number of carbonyl (C=O) groups is 1. The van der Waals surface area contributed by atoms with E-state index in [9.17, 15) is 9.90 Å². The number of ether oxygens (including phenoxy) is 1. The lowest BCUT2D eigenvalue weighted by atomic mass is 9.77. The van der Waals surface area contributed by atoms with Crippen molar-refractivity contribution < 1.29 is 14.6 Å². The lowest BCUT2D eigenvalue weighted by Crippen LogP contribution is -2.25. The summed E-state index contributed by atoms with van der Waals surface area (Å²) in [4.78, 5) is 13.8. The largest absolute Gasteiger partial charge is 0.504 e. The lowest BCUT2D eigenvalue weighted by molar-refractivity contribution is -0.124. The second-order valence-electron chi connectivity index (χ2n) is 10.8. The van der Waals surface area contributed by atoms with Crippen LogP contribution >= 0.6 is 0 Å². The van der Waals surface area contributed by atoms with Gasteiger partial charge in [0.15, 0.2) is 11.5 Å². The molecule has 0 aliphatic heterocycles. The van der Waals surface area contributed by atoms with Gasteiger partial charge in [0.25, 0.3) is 0 Å². The van der Waals surface area contributed by atoms with Crippen LogP contribution in [0.5, 0.6) is 11.5 Å². The zero-order chi connectivity index (χ0) is 27.9. The van der Waals surface area contributed by atoms with Gasteiger partial charge in [-0.1, -0.05) is 71.3 Å². The van der Waals surface area contributed by atoms with Crippen LogP contribution in [0.25, 0.3) is 0 Å². The van der Waals surface area contributed by atoms with Crippen molar-refractivity contribution in [1.29, 1.82) is 0 Å². The average molecular weight is 517 g/mol. The number of aromatic hydroxyl groups is 1. The normalized spacial score (nSPS) is 13.6. The number of Topliss-reactive ketones (excluding diaryl/α,β-unsaturated/α-hetero) is 1. The molecule has 2 rings (SSSR count). The Bertz CT molecular complexity index is 1090. The first-order valence-corrected chi connectivity index (χ1v) is 14.1. The van der Waals surface area contributed by atoms with Crippen LogP contribution < -0.4 is 4.74 Å². The smallest absolute Gasteiger partial charge is 0.160 e. The highest BCUT2D eigenvalue weighted by atomic mass is 16.5. The lowest BCUT2D eigenvalue weighted by Gasteiger charge is -2.27. The molecular weight excluding hydrogens is 468 g/mol. The number of allylic oxidation sites excluding steroid dienone is 6. The van der Waals surface area contributed by atoms with Crippen LogP contribution in [0.15, 0.2) is 83.5 Å². The Kier molecular flexibility index (Phi) is 13.7. The van der Waals surface area contributed by atoms with Crippen molar-refractivity contribution in [3.63, 3.8) is 0 Å². The predicted molar refractivity (Wildman–Crippen MR) is 161 cm³/mol. The van der Waals surface area contributed by atoms with E-state index in [2.05, 4.69) is 65.0 Å². The maximum atomic E-state index is 13.8. The van der Waals surface area contributed by atoms with E-state index in [0.717, 1.165) is 50.5 Å². The fourth-order valence-corrected chi connectivity index (χ4v) is 4.92. The molecular formula is C35H48O3. The first-order valence-electron chi connectivity index (χ1n) is 14.1. The summed E-state index contributed by atoms with van der Waals surface area (Å²) in [7, 11) is 1.56. The van der Waals surface area contributed by atoms with Gasteiger partial charge < -0.3 is 9.84 Å². The maximum Gasteiger partial charge on any atom is 0.160 e. The molecule has 0 heterocycles. The molecule has 2 unspecified atom stereocenters. The van der Waals surface area contributed by atoms with Crippen LogP contribution in [0, 0.1) is 11.8 Å². The number of aryl methyl sites for hydroxylation is 2. The molecule has 1 N–H and O–H groups in total. The molecule has 3 nitrogen and oxygen atoms in total. The molecule has 0 bridgehead atoms. The van der Waals surface area contributed by atoms with Gasteiger partial charge in [0.2, 0.25) is 0 Å². The Balaban J connectivity index is 2.25. The Morgan fingerprint density at radius 1 is 0.921 bits per heavy atom. The van der Waals surface area contributed by atoms with Gasteiger partial charge in [-0.15, -0.1) is 0 Å². The Labute approximate surface area is 231 Å². The highest BCUT2D eigenvalue weighted by Crippen LogP contribution is 2.33. The zero-order valence-corrected chi connectivity index (χ0v) is 24.4. The molecule has 0 saturated heterocycles. The molecule has 0 amide bonds. The minimum absolute atomic E-state index is 0.0288. The maximum absolute atomic E-state index is 13.8. The number of rotatable bonds is 16. The number of carbonyl (C=O) groups excluding carboxylic acids is 1. The Morgan fingerprint density at radius 3 is 2.29 bits per heavy atom. The summed E-state index contributed by atoms with van der Waals surface area (Å²) in [6.07, 6.45) is 13.6. The third-order valence-electron chi connectivity index (χ3n) is 7.42. The monoisotopic (exact) mass is 516 g/mol. The van der Waals surface area contributed by atoms with Crippen molar-refractivity contribution in [3.05, 3.63) is 94.6 Å². The van der Waals surface area contributed by atoms with Crippen molar-refractivity contribution in [2.75, 3.05) is 7.11 Å². The van der Waals surface area contributed by atoms with Gasteiger partial charge in [-0.3, -0.25) is 4.79 Å². The van der Waals surface area contributed by atoms with Gasteiger partial charge >= 0.3 is 0 Å². The number of ketones is 1. The number of hydrogen-bond acceptors (Lipinski definition) is 3. The Morgan fingerprint density at radius 2 is 1.66 bits per heavy atom. The summed E-state index contributed by atoms with van der Waals surface area (Å²) in [5.74, 6) is 1.21. The van der Waals surface area contributed by atoms with Gasteiger partial charge in [-0.05, 0) is 109 Å². The van der Waals surface area contributed by atoms with Gasteiger partial charge in [0.05, 0.1) is 7.11 Å². The number of phenols is 1. The molecule has 2 aromatic rings. The van der Waals surface area contributed by atoms with E-state index in [1.807, 2.05) is 30.3 Å². The number of methoxy groups -OCH3 is 1. The topological polar surface area (TPSA) is 46.5 Å². The summed E-state index contributed by atoms with van der Waals surface area (Å²) < 4.78 is 5.21. The van der Waals surface area contributed by atoms with E-state index >= 15 is 0 Å². The minimum Gasteiger partial charge on any atom is -0.504 e. The summed E-state index contributed by atoms with van der Waals surface area (Å²) in [6, 6.07) is 15.9. The third-order valence-corrected chi connectivity index (χ3v) is 7.42. The molecule has 0 aliphatic carbocycles. The third kappa shape index (κ3) is 11.1. The van der Waals surface area contributed by atoms with Gasteiger partial charge in [-0.2, -0.15) is 0 Å². The molecule has 0 aromatic heterocycles. The first-order chi connectivity index (χ1) is 18.2. The van der Waals surface area contributed by atoms with Crippen LogP contribution in [0.2, 0.25) is 0 Å². The van der Waals surface area contributed by atoms with Crippen LogP contribution in [0.1, 0.15) is 84.3 Å². The van der Waals surface area contributed by atoms with Crippen LogP contribution in [-0.2, 0) is 17.6 Å². The molecule has 2 atom stereocenters. The number of hydrogen-bond donors (Lipinski definition) is 1. The average Bonchev–Trinajstić information content (AvgIpc) is 2.90. The summed E-state index contributed by atoms with van der Waals surface area (Å²) >= 11 is 0. The standard InChI is InChI=1S/C35H48O3/c1-7-27(4)24-31(20-17-30-19-23-35(38-6)34(37)25-30)32(21-16-28(5)13-11-12-26(2)3)33(36)22-18-29-14-9-8-10-15-29/h7-10,12,14-16,19,23,25,31-32,37H,11,13,17-18,20-22,24H2,1-6H3/b27-7-,28-16+. The zero-order valence-electron chi connectivity index (χ0n) is 24.4. The molecule has 38 heavy (non-hydrogen) atoms. The number of benzene rings is 2.